The molecule has 6 heteroatoms. The van der Waals surface area contributed by atoms with Crippen LogP contribution in [0.15, 0.2) is 24.3 Å². The highest BCUT2D eigenvalue weighted by molar-refractivity contribution is 5.79. The molecule has 0 bridgehead atoms. The zero-order chi connectivity index (χ0) is 16.2. The van der Waals surface area contributed by atoms with E-state index in [0.29, 0.717) is 32.2 Å². The number of carbonyl (C=O) groups is 1. The molecule has 0 unspecified atom stereocenters. The van der Waals surface area contributed by atoms with E-state index in [9.17, 15) is 18.0 Å². The van der Waals surface area contributed by atoms with Gasteiger partial charge in [0.15, 0.2) is 0 Å². The smallest absolute Gasteiger partial charge is 0.392 e. The number of benzene rings is 1. The monoisotopic (exact) mass is 315 g/mol. The molecule has 2 N–H and O–H groups in total. The summed E-state index contributed by atoms with van der Waals surface area (Å²) in [6.07, 6.45) is -2.24. The maximum absolute atomic E-state index is 13.0. The van der Waals surface area contributed by atoms with Crippen LogP contribution in [0.3, 0.4) is 0 Å². The molecule has 2 rings (SSSR count). The zero-order valence-electron chi connectivity index (χ0n) is 12.2. The summed E-state index contributed by atoms with van der Waals surface area (Å²) in [6.45, 7) is 0.296. The molecule has 0 saturated heterocycles. The van der Waals surface area contributed by atoms with Crippen molar-refractivity contribution >= 4 is 5.91 Å². The van der Waals surface area contributed by atoms with Crippen LogP contribution in [0.5, 0.6) is 5.75 Å². The first-order chi connectivity index (χ1) is 10.4. The first kappa shape index (κ1) is 16.6. The lowest BCUT2D eigenvalue weighted by Gasteiger charge is -2.32. The SMILES string of the molecule is O=C(NCCc1ccc(O)cc1)[C@H]1CCCC[C@H]1C(F)(F)F. The summed E-state index contributed by atoms with van der Waals surface area (Å²) in [6, 6.07) is 6.52. The Kier molecular flexibility index (Phi) is 5.32. The number of hydrogen-bond donors (Lipinski definition) is 2. The van der Waals surface area contributed by atoms with Gasteiger partial charge in [0.1, 0.15) is 5.75 Å². The van der Waals surface area contributed by atoms with Crippen molar-refractivity contribution in [1.82, 2.24) is 5.32 Å². The first-order valence-corrected chi connectivity index (χ1v) is 7.50. The molecule has 1 saturated carbocycles. The van der Waals surface area contributed by atoms with Gasteiger partial charge in [-0.2, -0.15) is 13.2 Å². The maximum Gasteiger partial charge on any atom is 0.392 e. The van der Waals surface area contributed by atoms with Gasteiger partial charge in [0.25, 0.3) is 0 Å². The summed E-state index contributed by atoms with van der Waals surface area (Å²) in [4.78, 5) is 12.0. The van der Waals surface area contributed by atoms with Gasteiger partial charge < -0.3 is 10.4 Å². The third-order valence-corrected chi connectivity index (χ3v) is 4.17. The van der Waals surface area contributed by atoms with Crippen LogP contribution in [-0.2, 0) is 11.2 Å². The number of hydrogen-bond acceptors (Lipinski definition) is 2. The summed E-state index contributed by atoms with van der Waals surface area (Å²) < 4.78 is 38.9. The number of carbonyl (C=O) groups excluding carboxylic acids is 1. The Morgan fingerprint density at radius 3 is 2.45 bits per heavy atom. The molecule has 1 aromatic rings. The molecule has 0 aromatic heterocycles. The van der Waals surface area contributed by atoms with E-state index in [0.717, 1.165) is 5.56 Å². The average molecular weight is 315 g/mol. The fraction of sp³-hybridized carbons (Fsp3) is 0.562. The van der Waals surface area contributed by atoms with Crippen LogP contribution in [0, 0.1) is 11.8 Å². The third kappa shape index (κ3) is 4.39. The number of aromatic hydroxyl groups is 1. The largest absolute Gasteiger partial charge is 0.508 e. The molecule has 0 spiro atoms. The molecule has 1 fully saturated rings. The van der Waals surface area contributed by atoms with Crippen LogP contribution >= 0.6 is 0 Å². The van der Waals surface area contributed by atoms with E-state index in [1.165, 1.54) is 12.1 Å². The lowest BCUT2D eigenvalue weighted by Crippen LogP contribution is -2.43. The van der Waals surface area contributed by atoms with Gasteiger partial charge in [0.05, 0.1) is 5.92 Å². The Balaban J connectivity index is 1.86. The van der Waals surface area contributed by atoms with Crippen molar-refractivity contribution < 1.29 is 23.1 Å². The molecule has 2 atom stereocenters. The Bertz CT molecular complexity index is 499. The normalized spacial score (nSPS) is 22.3. The van der Waals surface area contributed by atoms with Crippen molar-refractivity contribution in [2.24, 2.45) is 11.8 Å². The summed E-state index contributed by atoms with van der Waals surface area (Å²) in [5.41, 5.74) is 0.911. The van der Waals surface area contributed by atoms with Gasteiger partial charge in [0.2, 0.25) is 5.91 Å². The minimum atomic E-state index is -4.31. The molecule has 1 aromatic carbocycles. The average Bonchev–Trinajstić information content (AvgIpc) is 2.48. The lowest BCUT2D eigenvalue weighted by atomic mass is 9.78. The summed E-state index contributed by atoms with van der Waals surface area (Å²) in [7, 11) is 0. The van der Waals surface area contributed by atoms with E-state index in [1.54, 1.807) is 12.1 Å². The van der Waals surface area contributed by atoms with E-state index in [-0.39, 0.29) is 12.2 Å². The maximum atomic E-state index is 13.0. The van der Waals surface area contributed by atoms with Crippen molar-refractivity contribution in [3.05, 3.63) is 29.8 Å². The molecule has 1 aliphatic rings. The minimum Gasteiger partial charge on any atom is -0.508 e. The summed E-state index contributed by atoms with van der Waals surface area (Å²) in [5, 5.41) is 11.8. The summed E-state index contributed by atoms with van der Waals surface area (Å²) >= 11 is 0. The number of halogens is 3. The Hall–Kier alpha value is -1.72. The molecule has 0 aliphatic heterocycles. The number of nitrogens with one attached hydrogen (secondary N) is 1. The van der Waals surface area contributed by atoms with E-state index in [4.69, 9.17) is 5.11 Å². The van der Waals surface area contributed by atoms with Crippen molar-refractivity contribution in [1.29, 1.82) is 0 Å². The predicted molar refractivity (Wildman–Crippen MR) is 76.3 cm³/mol. The molecule has 122 valence electrons. The fourth-order valence-electron chi connectivity index (χ4n) is 2.96. The van der Waals surface area contributed by atoms with Gasteiger partial charge in [0, 0.05) is 12.5 Å². The van der Waals surface area contributed by atoms with E-state index < -0.39 is 23.9 Å². The Morgan fingerprint density at radius 2 is 1.82 bits per heavy atom. The van der Waals surface area contributed by atoms with E-state index in [2.05, 4.69) is 5.32 Å². The molecule has 0 radical (unpaired) electrons. The molecule has 3 nitrogen and oxygen atoms in total. The van der Waals surface area contributed by atoms with Gasteiger partial charge in [-0.3, -0.25) is 4.79 Å². The molecule has 1 aliphatic carbocycles. The molecule has 22 heavy (non-hydrogen) atoms. The van der Waals surface area contributed by atoms with Crippen molar-refractivity contribution in [3.8, 4) is 5.75 Å². The van der Waals surface area contributed by atoms with E-state index in [1.807, 2.05) is 0 Å². The highest BCUT2D eigenvalue weighted by Crippen LogP contribution is 2.41. The van der Waals surface area contributed by atoms with E-state index >= 15 is 0 Å². The van der Waals surface area contributed by atoms with Crippen LogP contribution in [0.1, 0.15) is 31.2 Å². The van der Waals surface area contributed by atoms with Crippen LogP contribution in [-0.4, -0.2) is 23.7 Å². The number of amides is 1. The second-order valence-electron chi connectivity index (χ2n) is 5.75. The number of phenolic OH excluding ortho intramolecular Hbond substituents is 1. The van der Waals surface area contributed by atoms with Crippen molar-refractivity contribution in [2.75, 3.05) is 6.54 Å². The van der Waals surface area contributed by atoms with Crippen LogP contribution in [0.25, 0.3) is 0 Å². The first-order valence-electron chi connectivity index (χ1n) is 7.50. The quantitative estimate of drug-likeness (QED) is 0.894. The van der Waals surface area contributed by atoms with Gasteiger partial charge in [-0.1, -0.05) is 25.0 Å². The van der Waals surface area contributed by atoms with Gasteiger partial charge in [-0.25, -0.2) is 0 Å². The highest BCUT2D eigenvalue weighted by atomic mass is 19.4. The fourth-order valence-corrected chi connectivity index (χ4v) is 2.96. The van der Waals surface area contributed by atoms with Crippen LogP contribution < -0.4 is 5.32 Å². The third-order valence-electron chi connectivity index (χ3n) is 4.17. The predicted octanol–water partition coefficient (Wildman–Crippen LogP) is 3.42. The topological polar surface area (TPSA) is 49.3 Å². The lowest BCUT2D eigenvalue weighted by molar-refractivity contribution is -0.198. The van der Waals surface area contributed by atoms with Gasteiger partial charge in [-0.05, 0) is 37.0 Å². The van der Waals surface area contributed by atoms with Gasteiger partial charge >= 0.3 is 6.18 Å². The number of phenols is 1. The Morgan fingerprint density at radius 1 is 1.18 bits per heavy atom. The van der Waals surface area contributed by atoms with Crippen LogP contribution in [0.4, 0.5) is 13.2 Å². The molecule has 0 heterocycles. The molecule has 1 amide bonds. The second-order valence-corrected chi connectivity index (χ2v) is 5.75. The van der Waals surface area contributed by atoms with Crippen LogP contribution in [0.2, 0.25) is 0 Å². The summed E-state index contributed by atoms with van der Waals surface area (Å²) in [5.74, 6) is -2.83. The highest BCUT2D eigenvalue weighted by Gasteiger charge is 2.47. The molecular formula is C16H20F3NO2. The standard InChI is InChI=1S/C16H20F3NO2/c17-16(18,19)14-4-2-1-3-13(14)15(22)20-10-9-11-5-7-12(21)8-6-11/h5-8,13-14,21H,1-4,9-10H2,(H,20,22)/t13-,14+/m0/s1. The van der Waals surface area contributed by atoms with Gasteiger partial charge in [-0.15, -0.1) is 0 Å². The Labute approximate surface area is 127 Å². The van der Waals surface area contributed by atoms with Crippen molar-refractivity contribution in [3.63, 3.8) is 0 Å². The minimum absolute atomic E-state index is 0.0412. The number of rotatable bonds is 4. The number of alkyl halides is 3. The zero-order valence-corrected chi connectivity index (χ0v) is 12.2. The second kappa shape index (κ2) is 7.03. The molecular weight excluding hydrogens is 295 g/mol. The van der Waals surface area contributed by atoms with Crippen molar-refractivity contribution in [2.45, 2.75) is 38.3 Å².